The van der Waals surface area contributed by atoms with Crippen LogP contribution >= 0.6 is 0 Å². The third kappa shape index (κ3) is 3.76. The second-order valence-electron chi connectivity index (χ2n) is 7.29. The number of para-hydroxylation sites is 1. The summed E-state index contributed by atoms with van der Waals surface area (Å²) < 4.78 is 6.69. The number of benzene rings is 3. The van der Waals surface area contributed by atoms with E-state index in [-0.39, 0.29) is 0 Å². The fraction of sp³-hybridized carbons (Fsp3) is 0.250. The van der Waals surface area contributed by atoms with Gasteiger partial charge in [0.15, 0.2) is 0 Å². The highest BCUT2D eigenvalue weighted by molar-refractivity contribution is 6.82. The Bertz CT molecular complexity index is 825. The SMILES string of the molecule is Cc1cc(C)c([Si](Oc2ccccc2)c2c(C)cc(C)cc2C)c(C)c1. The van der Waals surface area contributed by atoms with E-state index in [4.69, 9.17) is 4.43 Å². The van der Waals surface area contributed by atoms with Crippen LogP contribution in [0.5, 0.6) is 5.75 Å². The first-order valence-electron chi connectivity index (χ1n) is 9.13. The molecule has 0 spiro atoms. The summed E-state index contributed by atoms with van der Waals surface area (Å²) in [6.45, 7) is 13.2. The highest BCUT2D eigenvalue weighted by Crippen LogP contribution is 2.16. The predicted molar refractivity (Wildman–Crippen MR) is 113 cm³/mol. The highest BCUT2D eigenvalue weighted by atomic mass is 28.3. The third-order valence-electron chi connectivity index (χ3n) is 4.77. The van der Waals surface area contributed by atoms with Crippen LogP contribution in [0.25, 0.3) is 0 Å². The summed E-state index contributed by atoms with van der Waals surface area (Å²) in [4.78, 5) is 0. The van der Waals surface area contributed by atoms with Crippen molar-refractivity contribution in [2.24, 2.45) is 0 Å². The molecule has 0 heterocycles. The maximum absolute atomic E-state index is 6.69. The molecule has 0 atom stereocenters. The fourth-order valence-corrected chi connectivity index (χ4v) is 6.46. The van der Waals surface area contributed by atoms with Crippen LogP contribution in [0.1, 0.15) is 33.4 Å². The highest BCUT2D eigenvalue weighted by Gasteiger charge is 2.28. The number of rotatable bonds is 4. The Hall–Kier alpha value is -2.32. The van der Waals surface area contributed by atoms with Crippen molar-refractivity contribution in [1.29, 1.82) is 0 Å². The minimum atomic E-state index is -1.41. The zero-order valence-electron chi connectivity index (χ0n) is 16.6. The Morgan fingerprint density at radius 2 is 0.962 bits per heavy atom. The Balaban J connectivity index is 2.21. The van der Waals surface area contributed by atoms with Gasteiger partial charge in [-0.2, -0.15) is 0 Å². The van der Waals surface area contributed by atoms with Crippen LogP contribution in [0.4, 0.5) is 0 Å². The van der Waals surface area contributed by atoms with E-state index in [1.165, 1.54) is 43.8 Å². The summed E-state index contributed by atoms with van der Waals surface area (Å²) in [6.07, 6.45) is 0. The molecule has 26 heavy (non-hydrogen) atoms. The molecule has 0 aliphatic heterocycles. The first-order valence-corrected chi connectivity index (χ1v) is 10.5. The molecule has 0 aliphatic rings. The van der Waals surface area contributed by atoms with Gasteiger partial charge in [0.25, 0.3) is 0 Å². The van der Waals surface area contributed by atoms with E-state index in [9.17, 15) is 0 Å². The normalized spacial score (nSPS) is 11.0. The molecule has 133 valence electrons. The van der Waals surface area contributed by atoms with E-state index in [0.717, 1.165) is 5.75 Å². The van der Waals surface area contributed by atoms with Crippen molar-refractivity contribution in [2.75, 3.05) is 0 Å². The van der Waals surface area contributed by atoms with Gasteiger partial charge < -0.3 is 4.43 Å². The zero-order chi connectivity index (χ0) is 18.8. The maximum atomic E-state index is 6.69. The third-order valence-corrected chi connectivity index (χ3v) is 7.70. The quantitative estimate of drug-likeness (QED) is 0.612. The summed E-state index contributed by atoms with van der Waals surface area (Å²) in [5, 5.41) is 2.75. The van der Waals surface area contributed by atoms with Crippen LogP contribution in [0.15, 0.2) is 54.6 Å². The fourth-order valence-electron chi connectivity index (χ4n) is 3.91. The zero-order valence-corrected chi connectivity index (χ0v) is 17.6. The van der Waals surface area contributed by atoms with Crippen molar-refractivity contribution < 1.29 is 4.43 Å². The molecule has 0 aromatic heterocycles. The van der Waals surface area contributed by atoms with Crippen LogP contribution in [0.2, 0.25) is 0 Å². The molecule has 0 amide bonds. The molecule has 0 N–H and O–H groups in total. The van der Waals surface area contributed by atoms with Crippen molar-refractivity contribution in [3.8, 4) is 5.75 Å². The topological polar surface area (TPSA) is 9.23 Å². The molecule has 2 heteroatoms. The average Bonchev–Trinajstić information content (AvgIpc) is 2.53. The smallest absolute Gasteiger partial charge is 0.353 e. The molecule has 0 fully saturated rings. The van der Waals surface area contributed by atoms with E-state index in [0.29, 0.717) is 0 Å². The lowest BCUT2D eigenvalue weighted by Gasteiger charge is -2.24. The van der Waals surface area contributed by atoms with Crippen LogP contribution in [-0.2, 0) is 0 Å². The molecular weight excluding hydrogens is 332 g/mol. The molecule has 0 saturated carbocycles. The van der Waals surface area contributed by atoms with Crippen molar-refractivity contribution in [2.45, 2.75) is 41.5 Å². The van der Waals surface area contributed by atoms with Crippen molar-refractivity contribution in [3.05, 3.63) is 88.0 Å². The minimum Gasteiger partial charge on any atom is -0.533 e. The monoisotopic (exact) mass is 359 g/mol. The number of hydrogen-bond donors (Lipinski definition) is 0. The molecule has 0 bridgehead atoms. The number of aryl methyl sites for hydroxylation is 6. The standard InChI is InChI=1S/C24H27OSi/c1-16-12-18(3)23(19(4)13-16)26(25-22-10-8-7-9-11-22)24-20(5)14-17(2)15-21(24)6/h7-15H,1-6H3. The van der Waals surface area contributed by atoms with Crippen LogP contribution < -0.4 is 14.8 Å². The summed E-state index contributed by atoms with van der Waals surface area (Å²) in [7, 11) is -1.41. The summed E-state index contributed by atoms with van der Waals surface area (Å²) >= 11 is 0. The van der Waals surface area contributed by atoms with E-state index < -0.39 is 9.04 Å². The lowest BCUT2D eigenvalue weighted by Crippen LogP contribution is -2.52. The Morgan fingerprint density at radius 1 is 0.577 bits per heavy atom. The molecule has 0 unspecified atom stereocenters. The first-order chi connectivity index (χ1) is 12.4. The summed E-state index contributed by atoms with van der Waals surface area (Å²) in [5.74, 6) is 0.945. The van der Waals surface area contributed by atoms with E-state index in [1.54, 1.807) is 0 Å². The molecule has 3 aromatic rings. The molecule has 1 nitrogen and oxygen atoms in total. The van der Waals surface area contributed by atoms with E-state index in [2.05, 4.69) is 77.9 Å². The molecule has 3 aromatic carbocycles. The molecular formula is C24H27OSi. The second-order valence-corrected chi connectivity index (χ2v) is 9.15. The van der Waals surface area contributed by atoms with Gasteiger partial charge in [-0.3, -0.25) is 0 Å². The Labute approximate surface area is 159 Å². The molecule has 0 saturated heterocycles. The van der Waals surface area contributed by atoms with Gasteiger partial charge in [-0.15, -0.1) is 0 Å². The van der Waals surface area contributed by atoms with Crippen LogP contribution in [-0.4, -0.2) is 9.04 Å². The Kier molecular flexibility index (Phi) is 5.33. The predicted octanol–water partition coefficient (Wildman–Crippen LogP) is 4.72. The van der Waals surface area contributed by atoms with Gasteiger partial charge in [-0.25, -0.2) is 0 Å². The Morgan fingerprint density at radius 3 is 1.35 bits per heavy atom. The van der Waals surface area contributed by atoms with Gasteiger partial charge in [0, 0.05) is 0 Å². The van der Waals surface area contributed by atoms with Crippen molar-refractivity contribution in [3.63, 3.8) is 0 Å². The average molecular weight is 360 g/mol. The second kappa shape index (κ2) is 7.51. The van der Waals surface area contributed by atoms with Gasteiger partial charge in [-0.1, -0.05) is 53.6 Å². The molecule has 3 rings (SSSR count). The number of hydrogen-bond acceptors (Lipinski definition) is 1. The van der Waals surface area contributed by atoms with Gasteiger partial charge >= 0.3 is 9.04 Å². The van der Waals surface area contributed by atoms with Gasteiger partial charge in [-0.05, 0) is 86.3 Å². The minimum absolute atomic E-state index is 0.945. The summed E-state index contributed by atoms with van der Waals surface area (Å²) in [5.41, 5.74) is 7.92. The van der Waals surface area contributed by atoms with Gasteiger partial charge in [0.2, 0.25) is 0 Å². The lowest BCUT2D eigenvalue weighted by atomic mass is 10.1. The van der Waals surface area contributed by atoms with Crippen LogP contribution in [0, 0.1) is 41.5 Å². The lowest BCUT2D eigenvalue weighted by molar-refractivity contribution is 0.591. The molecule has 0 aliphatic carbocycles. The van der Waals surface area contributed by atoms with Crippen molar-refractivity contribution in [1.82, 2.24) is 0 Å². The summed E-state index contributed by atoms with van der Waals surface area (Å²) in [6, 6.07) is 19.3. The van der Waals surface area contributed by atoms with E-state index >= 15 is 0 Å². The maximum Gasteiger partial charge on any atom is 0.353 e. The van der Waals surface area contributed by atoms with E-state index in [1.807, 2.05) is 18.2 Å². The van der Waals surface area contributed by atoms with Gasteiger partial charge in [0.1, 0.15) is 5.75 Å². The van der Waals surface area contributed by atoms with Crippen molar-refractivity contribution >= 4 is 19.4 Å². The van der Waals surface area contributed by atoms with Crippen LogP contribution in [0.3, 0.4) is 0 Å². The largest absolute Gasteiger partial charge is 0.533 e. The van der Waals surface area contributed by atoms with Gasteiger partial charge in [0.05, 0.1) is 0 Å². The molecule has 1 radical (unpaired) electrons. The first kappa shape index (κ1) is 18.5.